The molecule has 1 aromatic rings. The summed E-state index contributed by atoms with van der Waals surface area (Å²) in [4.78, 5) is 26.0. The summed E-state index contributed by atoms with van der Waals surface area (Å²) < 4.78 is 43.4. The van der Waals surface area contributed by atoms with E-state index in [2.05, 4.69) is 0 Å². The van der Waals surface area contributed by atoms with Crippen molar-refractivity contribution in [3.63, 3.8) is 0 Å². The van der Waals surface area contributed by atoms with Crippen LogP contribution in [0.5, 0.6) is 0 Å². The van der Waals surface area contributed by atoms with Crippen molar-refractivity contribution >= 4 is 23.0 Å². The lowest BCUT2D eigenvalue weighted by Gasteiger charge is -2.43. The number of ketones is 1. The maximum atomic E-state index is 12.5. The quantitative estimate of drug-likeness (QED) is 0.785. The van der Waals surface area contributed by atoms with Crippen LogP contribution in [0.15, 0.2) is 6.07 Å². The fourth-order valence-electron chi connectivity index (χ4n) is 3.13. The second kappa shape index (κ2) is 5.59. The van der Waals surface area contributed by atoms with Crippen molar-refractivity contribution in [2.75, 3.05) is 19.7 Å². The SMILES string of the molecule is CCc1cc2c(s1)C1(CCN(C(=O)C(F)(F)F)CC1)OCC2=O. The highest BCUT2D eigenvalue weighted by Gasteiger charge is 2.49. The van der Waals surface area contributed by atoms with Gasteiger partial charge in [-0.25, -0.2) is 0 Å². The van der Waals surface area contributed by atoms with Gasteiger partial charge in [-0.3, -0.25) is 9.59 Å². The number of thiophene rings is 1. The summed E-state index contributed by atoms with van der Waals surface area (Å²) >= 11 is 1.49. The average Bonchev–Trinajstić information content (AvgIpc) is 2.96. The Labute approximate surface area is 135 Å². The van der Waals surface area contributed by atoms with Crippen molar-refractivity contribution in [3.05, 3.63) is 21.4 Å². The summed E-state index contributed by atoms with van der Waals surface area (Å²) in [5.74, 6) is -1.89. The first-order valence-corrected chi connectivity index (χ1v) is 8.25. The van der Waals surface area contributed by atoms with E-state index >= 15 is 0 Å². The van der Waals surface area contributed by atoms with Gasteiger partial charge in [0.15, 0.2) is 5.78 Å². The summed E-state index contributed by atoms with van der Waals surface area (Å²) in [7, 11) is 0. The normalized spacial score (nSPS) is 20.7. The second-order valence-electron chi connectivity index (χ2n) is 5.81. The Hall–Kier alpha value is -1.41. The molecule has 8 heteroatoms. The van der Waals surface area contributed by atoms with Crippen LogP contribution < -0.4 is 0 Å². The highest BCUT2D eigenvalue weighted by Crippen LogP contribution is 2.45. The Morgan fingerprint density at radius 3 is 2.61 bits per heavy atom. The zero-order chi connectivity index (χ0) is 16.8. The van der Waals surface area contributed by atoms with E-state index in [0.29, 0.717) is 5.56 Å². The number of hydrogen-bond acceptors (Lipinski definition) is 4. The van der Waals surface area contributed by atoms with Gasteiger partial charge in [0.25, 0.3) is 0 Å². The van der Waals surface area contributed by atoms with Crippen molar-refractivity contribution in [2.45, 2.75) is 38.0 Å². The van der Waals surface area contributed by atoms with Gasteiger partial charge in [-0.2, -0.15) is 13.2 Å². The molecule has 3 rings (SSSR count). The molecule has 0 atom stereocenters. The number of fused-ring (bicyclic) bond motifs is 2. The third-order valence-corrected chi connectivity index (χ3v) is 5.89. The van der Waals surface area contributed by atoms with Gasteiger partial charge in [0.05, 0.1) is 0 Å². The number of ether oxygens (including phenoxy) is 1. The summed E-state index contributed by atoms with van der Waals surface area (Å²) in [6.07, 6.45) is -3.51. The lowest BCUT2D eigenvalue weighted by molar-refractivity contribution is -0.190. The minimum absolute atomic E-state index is 0.0225. The van der Waals surface area contributed by atoms with E-state index in [-0.39, 0.29) is 38.3 Å². The Kier molecular flexibility index (Phi) is 4.00. The molecule has 0 aromatic carbocycles. The van der Waals surface area contributed by atoms with Crippen molar-refractivity contribution in [2.24, 2.45) is 0 Å². The van der Waals surface area contributed by atoms with E-state index < -0.39 is 17.7 Å². The summed E-state index contributed by atoms with van der Waals surface area (Å²) in [5, 5.41) is 0. The van der Waals surface area contributed by atoms with E-state index in [1.165, 1.54) is 11.3 Å². The average molecular weight is 347 g/mol. The molecule has 1 saturated heterocycles. The zero-order valence-electron chi connectivity index (χ0n) is 12.5. The predicted octanol–water partition coefficient (Wildman–Crippen LogP) is 2.90. The molecule has 3 heterocycles. The predicted molar refractivity (Wildman–Crippen MR) is 77.5 cm³/mol. The number of nitrogens with zero attached hydrogens (tertiary/aromatic N) is 1. The maximum Gasteiger partial charge on any atom is 0.471 e. The number of Topliss-reactive ketones (excluding diaryl/α,β-unsaturated/α-hetero) is 1. The Morgan fingerprint density at radius 1 is 1.39 bits per heavy atom. The molecule has 1 fully saturated rings. The molecule has 126 valence electrons. The molecule has 0 N–H and O–H groups in total. The number of carbonyl (C=O) groups is 2. The van der Waals surface area contributed by atoms with Crippen LogP contribution in [0.1, 0.15) is 39.9 Å². The third kappa shape index (κ3) is 2.78. The van der Waals surface area contributed by atoms with Gasteiger partial charge in [-0.05, 0) is 25.3 Å². The smallest absolute Gasteiger partial charge is 0.361 e. The molecule has 23 heavy (non-hydrogen) atoms. The summed E-state index contributed by atoms with van der Waals surface area (Å²) in [6.45, 7) is 1.89. The highest BCUT2D eigenvalue weighted by atomic mass is 32.1. The maximum absolute atomic E-state index is 12.5. The molecule has 0 radical (unpaired) electrons. The lowest BCUT2D eigenvalue weighted by atomic mass is 9.85. The van der Waals surface area contributed by atoms with E-state index in [1.807, 2.05) is 13.0 Å². The molecule has 4 nitrogen and oxygen atoms in total. The number of amides is 1. The van der Waals surface area contributed by atoms with E-state index in [4.69, 9.17) is 4.74 Å². The monoisotopic (exact) mass is 347 g/mol. The number of aryl methyl sites for hydroxylation is 1. The molecule has 2 aliphatic rings. The molecule has 2 aliphatic heterocycles. The van der Waals surface area contributed by atoms with E-state index in [1.54, 1.807) is 0 Å². The standard InChI is InChI=1S/C15H16F3NO3S/c1-2-9-7-10-11(20)8-22-14(12(10)23-9)3-5-19(6-4-14)13(21)15(16,17)18/h7H,2-6,8H2,1H3. The van der Waals surface area contributed by atoms with Crippen LogP contribution in [0.25, 0.3) is 0 Å². The van der Waals surface area contributed by atoms with Crippen LogP contribution in [0, 0.1) is 0 Å². The van der Waals surface area contributed by atoms with Gasteiger partial charge in [-0.1, -0.05) is 6.92 Å². The van der Waals surface area contributed by atoms with Crippen molar-refractivity contribution in [1.29, 1.82) is 0 Å². The number of hydrogen-bond donors (Lipinski definition) is 0. The van der Waals surface area contributed by atoms with Crippen LogP contribution in [-0.4, -0.2) is 42.5 Å². The first-order valence-electron chi connectivity index (χ1n) is 7.43. The zero-order valence-corrected chi connectivity index (χ0v) is 13.4. The first-order chi connectivity index (χ1) is 10.8. The Balaban J connectivity index is 1.84. The topological polar surface area (TPSA) is 46.6 Å². The van der Waals surface area contributed by atoms with Gasteiger partial charge in [-0.15, -0.1) is 11.3 Å². The first kappa shape index (κ1) is 16.4. The molecule has 0 unspecified atom stereocenters. The fourth-order valence-corrected chi connectivity index (χ4v) is 4.45. The van der Waals surface area contributed by atoms with Crippen LogP contribution in [-0.2, 0) is 21.6 Å². The minimum Gasteiger partial charge on any atom is -0.361 e. The Morgan fingerprint density at radius 2 is 2.04 bits per heavy atom. The summed E-state index contributed by atoms with van der Waals surface area (Å²) in [6, 6.07) is 1.86. The molecular weight excluding hydrogens is 331 g/mol. The van der Waals surface area contributed by atoms with Gasteiger partial charge < -0.3 is 9.64 Å². The number of halogens is 3. The Bertz CT molecular complexity index is 645. The second-order valence-corrected chi connectivity index (χ2v) is 6.94. The number of alkyl halides is 3. The van der Waals surface area contributed by atoms with Gasteiger partial charge in [0, 0.05) is 28.4 Å². The molecule has 0 saturated carbocycles. The number of carbonyl (C=O) groups excluding carboxylic acids is 2. The van der Waals surface area contributed by atoms with Gasteiger partial charge in [0.2, 0.25) is 0 Å². The van der Waals surface area contributed by atoms with E-state index in [9.17, 15) is 22.8 Å². The third-order valence-electron chi connectivity index (χ3n) is 4.43. The number of rotatable bonds is 1. The number of likely N-dealkylation sites (tertiary alicyclic amines) is 1. The highest BCUT2D eigenvalue weighted by molar-refractivity contribution is 7.12. The van der Waals surface area contributed by atoms with Crippen LogP contribution in [0.2, 0.25) is 0 Å². The fraction of sp³-hybridized carbons (Fsp3) is 0.600. The van der Waals surface area contributed by atoms with Crippen LogP contribution in [0.4, 0.5) is 13.2 Å². The molecule has 1 amide bonds. The van der Waals surface area contributed by atoms with Gasteiger partial charge >= 0.3 is 12.1 Å². The van der Waals surface area contributed by atoms with Crippen LogP contribution in [0.3, 0.4) is 0 Å². The minimum atomic E-state index is -4.85. The largest absolute Gasteiger partial charge is 0.471 e. The van der Waals surface area contributed by atoms with Crippen LogP contribution >= 0.6 is 11.3 Å². The molecule has 0 bridgehead atoms. The van der Waals surface area contributed by atoms with E-state index in [0.717, 1.165) is 21.1 Å². The molecule has 1 spiro atoms. The van der Waals surface area contributed by atoms with Crippen molar-refractivity contribution in [1.82, 2.24) is 4.90 Å². The number of piperidine rings is 1. The molecule has 1 aromatic heterocycles. The van der Waals surface area contributed by atoms with Crippen molar-refractivity contribution < 1.29 is 27.5 Å². The van der Waals surface area contributed by atoms with Crippen molar-refractivity contribution in [3.8, 4) is 0 Å². The summed E-state index contributed by atoms with van der Waals surface area (Å²) in [5.41, 5.74) is -0.0994. The lowest BCUT2D eigenvalue weighted by Crippen LogP contribution is -2.51. The molecule has 0 aliphatic carbocycles. The van der Waals surface area contributed by atoms with Gasteiger partial charge in [0.1, 0.15) is 12.2 Å². The molecular formula is C15H16F3NO3S.